The predicted molar refractivity (Wildman–Crippen MR) is 62.6 cm³/mol. The first kappa shape index (κ1) is 11.7. The molecule has 3 heteroatoms. The third kappa shape index (κ3) is 5.35. The van der Waals surface area contributed by atoms with Gasteiger partial charge in [0, 0.05) is 0 Å². The first-order chi connectivity index (χ1) is 6.93. The lowest BCUT2D eigenvalue weighted by Crippen LogP contribution is -2.14. The van der Waals surface area contributed by atoms with Gasteiger partial charge in [0.15, 0.2) is 0 Å². The summed E-state index contributed by atoms with van der Waals surface area (Å²) >= 11 is 1.93. The summed E-state index contributed by atoms with van der Waals surface area (Å²) in [7, 11) is 0. The van der Waals surface area contributed by atoms with E-state index in [1.165, 1.54) is 25.0 Å². The molecule has 0 spiro atoms. The van der Waals surface area contributed by atoms with E-state index in [4.69, 9.17) is 4.42 Å². The molecular weight excluding hydrogens is 194 g/mol. The van der Waals surface area contributed by atoms with E-state index in [1.54, 1.807) is 6.26 Å². The van der Waals surface area contributed by atoms with Crippen molar-refractivity contribution in [3.05, 3.63) is 24.2 Å². The zero-order valence-corrected chi connectivity index (χ0v) is 9.61. The molecule has 1 aromatic rings. The molecule has 0 amide bonds. The number of nitrogens with one attached hydrogen (secondary N) is 1. The van der Waals surface area contributed by atoms with E-state index in [-0.39, 0.29) is 0 Å². The molecule has 0 unspecified atom stereocenters. The van der Waals surface area contributed by atoms with Crippen molar-refractivity contribution in [2.45, 2.75) is 25.8 Å². The Morgan fingerprint density at radius 3 is 3.00 bits per heavy atom. The van der Waals surface area contributed by atoms with E-state index in [1.807, 2.05) is 23.9 Å². The largest absolute Gasteiger partial charge is 0.468 e. The molecule has 0 fully saturated rings. The van der Waals surface area contributed by atoms with Crippen LogP contribution in [0.3, 0.4) is 0 Å². The number of thioether (sulfide) groups is 1. The third-order valence-corrected chi connectivity index (χ3v) is 2.78. The van der Waals surface area contributed by atoms with Gasteiger partial charge in [-0.15, -0.1) is 0 Å². The Balaban J connectivity index is 1.85. The summed E-state index contributed by atoms with van der Waals surface area (Å²) in [5.41, 5.74) is 0. The number of unbranched alkanes of at least 4 members (excludes halogenated alkanes) is 2. The minimum Gasteiger partial charge on any atom is -0.468 e. The summed E-state index contributed by atoms with van der Waals surface area (Å²) < 4.78 is 5.21. The van der Waals surface area contributed by atoms with E-state index >= 15 is 0 Å². The van der Waals surface area contributed by atoms with Gasteiger partial charge in [-0.05, 0) is 43.5 Å². The van der Waals surface area contributed by atoms with Gasteiger partial charge in [0.2, 0.25) is 0 Å². The van der Waals surface area contributed by atoms with Crippen LogP contribution < -0.4 is 5.32 Å². The van der Waals surface area contributed by atoms with Gasteiger partial charge < -0.3 is 9.73 Å². The number of hydrogen-bond donors (Lipinski definition) is 1. The Hall–Kier alpha value is -0.410. The minimum atomic E-state index is 0.857. The van der Waals surface area contributed by atoms with Crippen LogP contribution in [0.4, 0.5) is 0 Å². The molecule has 1 aromatic heterocycles. The Bertz CT molecular complexity index is 211. The molecule has 0 atom stereocenters. The van der Waals surface area contributed by atoms with Crippen molar-refractivity contribution in [3.63, 3.8) is 0 Å². The molecule has 0 saturated carbocycles. The fourth-order valence-corrected chi connectivity index (χ4v) is 1.79. The topological polar surface area (TPSA) is 25.2 Å². The van der Waals surface area contributed by atoms with Gasteiger partial charge >= 0.3 is 0 Å². The summed E-state index contributed by atoms with van der Waals surface area (Å²) in [5, 5.41) is 3.36. The van der Waals surface area contributed by atoms with Crippen molar-refractivity contribution < 1.29 is 4.42 Å². The quantitative estimate of drug-likeness (QED) is 0.672. The van der Waals surface area contributed by atoms with Gasteiger partial charge in [0.1, 0.15) is 5.76 Å². The summed E-state index contributed by atoms with van der Waals surface area (Å²) in [6, 6.07) is 3.93. The number of rotatable bonds is 8. The van der Waals surface area contributed by atoms with Gasteiger partial charge in [0.05, 0.1) is 12.8 Å². The van der Waals surface area contributed by atoms with Crippen molar-refractivity contribution in [2.24, 2.45) is 0 Å². The van der Waals surface area contributed by atoms with E-state index in [9.17, 15) is 0 Å². The molecule has 1 heterocycles. The molecule has 0 saturated heterocycles. The monoisotopic (exact) mass is 213 g/mol. The highest BCUT2D eigenvalue weighted by molar-refractivity contribution is 7.98. The maximum atomic E-state index is 5.21. The Kier molecular flexibility index (Phi) is 6.62. The van der Waals surface area contributed by atoms with Crippen molar-refractivity contribution in [2.75, 3.05) is 18.6 Å². The van der Waals surface area contributed by atoms with Gasteiger partial charge in [-0.1, -0.05) is 6.42 Å². The summed E-state index contributed by atoms with van der Waals surface area (Å²) in [5.74, 6) is 2.31. The average Bonchev–Trinajstić information content (AvgIpc) is 2.69. The van der Waals surface area contributed by atoms with Crippen LogP contribution in [0.15, 0.2) is 22.8 Å². The minimum absolute atomic E-state index is 0.857. The number of furan rings is 1. The Morgan fingerprint density at radius 2 is 2.29 bits per heavy atom. The van der Waals surface area contributed by atoms with Gasteiger partial charge in [-0.2, -0.15) is 11.8 Å². The second-order valence-corrected chi connectivity index (χ2v) is 4.30. The molecule has 0 radical (unpaired) electrons. The van der Waals surface area contributed by atoms with Gasteiger partial charge in [-0.25, -0.2) is 0 Å². The van der Waals surface area contributed by atoms with Gasteiger partial charge in [-0.3, -0.25) is 0 Å². The molecule has 0 aromatic carbocycles. The van der Waals surface area contributed by atoms with E-state index in [2.05, 4.69) is 11.6 Å². The van der Waals surface area contributed by atoms with Crippen LogP contribution in [0.25, 0.3) is 0 Å². The molecular formula is C11H19NOS. The zero-order valence-electron chi connectivity index (χ0n) is 8.79. The lowest BCUT2D eigenvalue weighted by atomic mass is 10.2. The fourth-order valence-electron chi connectivity index (χ4n) is 1.30. The standard InChI is InChI=1S/C11H19NOS/c1-14-9-4-2-3-7-12-10-11-6-5-8-13-11/h5-6,8,12H,2-4,7,9-10H2,1H3. The highest BCUT2D eigenvalue weighted by atomic mass is 32.2. The maximum Gasteiger partial charge on any atom is 0.117 e. The summed E-state index contributed by atoms with van der Waals surface area (Å²) in [4.78, 5) is 0. The molecule has 80 valence electrons. The Labute approximate surface area is 90.5 Å². The fraction of sp³-hybridized carbons (Fsp3) is 0.636. The molecule has 0 aliphatic carbocycles. The second kappa shape index (κ2) is 7.94. The van der Waals surface area contributed by atoms with Crippen LogP contribution in [0.1, 0.15) is 25.0 Å². The first-order valence-corrected chi connectivity index (χ1v) is 6.55. The van der Waals surface area contributed by atoms with Crippen molar-refractivity contribution in [1.82, 2.24) is 5.32 Å². The van der Waals surface area contributed by atoms with Crippen molar-refractivity contribution in [3.8, 4) is 0 Å². The lowest BCUT2D eigenvalue weighted by molar-refractivity contribution is 0.479. The zero-order chi connectivity index (χ0) is 10.1. The molecule has 0 bridgehead atoms. The second-order valence-electron chi connectivity index (χ2n) is 3.31. The van der Waals surface area contributed by atoms with Crippen LogP contribution in [-0.4, -0.2) is 18.6 Å². The van der Waals surface area contributed by atoms with E-state index < -0.39 is 0 Å². The predicted octanol–water partition coefficient (Wildman–Crippen LogP) is 2.90. The molecule has 14 heavy (non-hydrogen) atoms. The highest BCUT2D eigenvalue weighted by Crippen LogP contribution is 2.02. The molecule has 0 aliphatic heterocycles. The van der Waals surface area contributed by atoms with Crippen LogP contribution in [-0.2, 0) is 6.54 Å². The average molecular weight is 213 g/mol. The smallest absolute Gasteiger partial charge is 0.117 e. The van der Waals surface area contributed by atoms with Gasteiger partial charge in [0.25, 0.3) is 0 Å². The third-order valence-electron chi connectivity index (χ3n) is 2.08. The van der Waals surface area contributed by atoms with Crippen molar-refractivity contribution in [1.29, 1.82) is 0 Å². The van der Waals surface area contributed by atoms with Crippen LogP contribution in [0.5, 0.6) is 0 Å². The molecule has 0 aliphatic rings. The van der Waals surface area contributed by atoms with Crippen molar-refractivity contribution >= 4 is 11.8 Å². The first-order valence-electron chi connectivity index (χ1n) is 5.15. The summed E-state index contributed by atoms with van der Waals surface area (Å²) in [6.07, 6.45) is 7.81. The van der Waals surface area contributed by atoms with E-state index in [0.29, 0.717) is 0 Å². The molecule has 1 rings (SSSR count). The summed E-state index contributed by atoms with van der Waals surface area (Å²) in [6.45, 7) is 1.95. The lowest BCUT2D eigenvalue weighted by Gasteiger charge is -2.02. The maximum absolute atomic E-state index is 5.21. The Morgan fingerprint density at radius 1 is 1.36 bits per heavy atom. The highest BCUT2D eigenvalue weighted by Gasteiger charge is 1.93. The normalized spacial score (nSPS) is 10.6. The molecule has 2 nitrogen and oxygen atoms in total. The molecule has 1 N–H and O–H groups in total. The van der Waals surface area contributed by atoms with Crippen LogP contribution in [0.2, 0.25) is 0 Å². The van der Waals surface area contributed by atoms with Crippen LogP contribution in [0, 0.1) is 0 Å². The SMILES string of the molecule is CSCCCCCNCc1ccco1. The van der Waals surface area contributed by atoms with Crippen LogP contribution >= 0.6 is 11.8 Å². The van der Waals surface area contributed by atoms with E-state index in [0.717, 1.165) is 18.8 Å². The number of hydrogen-bond acceptors (Lipinski definition) is 3.